The predicted octanol–water partition coefficient (Wildman–Crippen LogP) is 2.97. The van der Waals surface area contributed by atoms with Gasteiger partial charge in [0.2, 0.25) is 5.91 Å². The highest BCUT2D eigenvalue weighted by atomic mass is 16.2. The molecule has 162 valence electrons. The van der Waals surface area contributed by atoms with Crippen molar-refractivity contribution in [1.29, 1.82) is 0 Å². The minimum Gasteiger partial charge on any atom is -0.339 e. The lowest BCUT2D eigenvalue weighted by molar-refractivity contribution is -0.135. The van der Waals surface area contributed by atoms with Crippen LogP contribution in [0.4, 0.5) is 0 Å². The molecule has 6 heteroatoms. The maximum absolute atomic E-state index is 13.3. The molecule has 1 atom stereocenters. The van der Waals surface area contributed by atoms with Gasteiger partial charge < -0.3 is 14.7 Å². The fourth-order valence-corrected chi connectivity index (χ4v) is 4.53. The second-order valence-electron chi connectivity index (χ2n) is 8.36. The van der Waals surface area contributed by atoms with E-state index < -0.39 is 6.04 Å². The molecule has 2 aliphatic rings. The zero-order valence-electron chi connectivity index (χ0n) is 18.0. The molecule has 0 radical (unpaired) electrons. The summed E-state index contributed by atoms with van der Waals surface area (Å²) in [6.07, 6.45) is 2.27. The zero-order chi connectivity index (χ0) is 21.8. The Labute approximate surface area is 183 Å². The van der Waals surface area contributed by atoms with Crippen molar-refractivity contribution in [3.8, 4) is 0 Å². The summed E-state index contributed by atoms with van der Waals surface area (Å²) in [7, 11) is 0. The second kappa shape index (κ2) is 9.33. The lowest BCUT2D eigenvalue weighted by Crippen LogP contribution is -2.48. The third kappa shape index (κ3) is 4.63. The van der Waals surface area contributed by atoms with Gasteiger partial charge in [0.15, 0.2) is 0 Å². The summed E-state index contributed by atoms with van der Waals surface area (Å²) < 4.78 is 0. The van der Waals surface area contributed by atoms with Crippen molar-refractivity contribution in [2.24, 2.45) is 0 Å². The number of likely N-dealkylation sites (tertiary alicyclic amines) is 1. The van der Waals surface area contributed by atoms with E-state index in [1.807, 2.05) is 59.2 Å². The van der Waals surface area contributed by atoms with Crippen molar-refractivity contribution in [2.75, 3.05) is 32.7 Å². The molecule has 2 saturated heterocycles. The van der Waals surface area contributed by atoms with E-state index in [0.717, 1.165) is 18.4 Å². The summed E-state index contributed by atoms with van der Waals surface area (Å²) >= 11 is 0. The molecule has 31 heavy (non-hydrogen) atoms. The quantitative estimate of drug-likeness (QED) is 0.769. The van der Waals surface area contributed by atoms with Gasteiger partial charge >= 0.3 is 0 Å². The largest absolute Gasteiger partial charge is 0.339 e. The van der Waals surface area contributed by atoms with Gasteiger partial charge in [0.25, 0.3) is 11.8 Å². The molecule has 2 aromatic carbocycles. The number of carbonyl (C=O) groups is 3. The molecule has 4 rings (SSSR count). The lowest BCUT2D eigenvalue weighted by atomic mass is 10.1. The highest BCUT2D eigenvalue weighted by Crippen LogP contribution is 2.23. The van der Waals surface area contributed by atoms with E-state index in [9.17, 15) is 14.4 Å². The Hall–Kier alpha value is -3.15. The van der Waals surface area contributed by atoms with Gasteiger partial charge in [0, 0.05) is 43.9 Å². The Kier molecular flexibility index (Phi) is 6.35. The van der Waals surface area contributed by atoms with Crippen LogP contribution in [0.2, 0.25) is 0 Å². The van der Waals surface area contributed by atoms with Crippen LogP contribution in [-0.4, -0.2) is 71.2 Å². The molecule has 2 aliphatic heterocycles. The first-order valence-corrected chi connectivity index (χ1v) is 11.1. The summed E-state index contributed by atoms with van der Waals surface area (Å²) in [6.45, 7) is 4.84. The fourth-order valence-electron chi connectivity index (χ4n) is 4.53. The minimum absolute atomic E-state index is 0.00614. The van der Waals surface area contributed by atoms with Crippen molar-refractivity contribution >= 4 is 17.7 Å². The lowest BCUT2D eigenvalue weighted by Gasteiger charge is -2.29. The molecule has 0 spiro atoms. The van der Waals surface area contributed by atoms with Gasteiger partial charge in [-0.2, -0.15) is 0 Å². The van der Waals surface area contributed by atoms with Crippen molar-refractivity contribution in [3.63, 3.8) is 0 Å². The summed E-state index contributed by atoms with van der Waals surface area (Å²) in [5.41, 5.74) is 2.37. The smallest absolute Gasteiger partial charge is 0.254 e. The van der Waals surface area contributed by atoms with Gasteiger partial charge in [0.1, 0.15) is 6.04 Å². The summed E-state index contributed by atoms with van der Waals surface area (Å²) in [5.74, 6) is -0.0612. The first-order valence-electron chi connectivity index (χ1n) is 11.1. The second-order valence-corrected chi connectivity index (χ2v) is 8.36. The number of carbonyl (C=O) groups excluding carboxylic acids is 3. The summed E-state index contributed by atoms with van der Waals surface area (Å²) in [6, 6.07) is 16.4. The molecular formula is C25H29N3O3. The average Bonchev–Trinajstić information content (AvgIpc) is 3.16. The van der Waals surface area contributed by atoms with Crippen molar-refractivity contribution < 1.29 is 14.4 Å². The van der Waals surface area contributed by atoms with Gasteiger partial charge in [-0.25, -0.2) is 0 Å². The highest BCUT2D eigenvalue weighted by Gasteiger charge is 2.37. The van der Waals surface area contributed by atoms with Gasteiger partial charge in [-0.3, -0.25) is 14.4 Å². The first-order chi connectivity index (χ1) is 15.0. The molecule has 6 nitrogen and oxygen atoms in total. The highest BCUT2D eigenvalue weighted by molar-refractivity contribution is 5.98. The fraction of sp³-hybridized carbons (Fsp3) is 0.400. The van der Waals surface area contributed by atoms with Gasteiger partial charge in [-0.1, -0.05) is 35.9 Å². The number of benzene rings is 2. The number of nitrogens with zero attached hydrogens (tertiary/aromatic N) is 3. The molecular weight excluding hydrogens is 390 g/mol. The number of amides is 3. The molecule has 2 heterocycles. The van der Waals surface area contributed by atoms with Crippen LogP contribution in [0.5, 0.6) is 0 Å². The zero-order valence-corrected chi connectivity index (χ0v) is 18.0. The van der Waals surface area contributed by atoms with Gasteiger partial charge in [-0.15, -0.1) is 0 Å². The van der Waals surface area contributed by atoms with Gasteiger partial charge in [0.05, 0.1) is 0 Å². The maximum atomic E-state index is 13.3. The molecule has 0 bridgehead atoms. The van der Waals surface area contributed by atoms with Crippen molar-refractivity contribution in [1.82, 2.24) is 14.7 Å². The Morgan fingerprint density at radius 3 is 2.23 bits per heavy atom. The summed E-state index contributed by atoms with van der Waals surface area (Å²) in [5, 5.41) is 0. The van der Waals surface area contributed by atoms with E-state index in [1.165, 1.54) is 0 Å². The van der Waals surface area contributed by atoms with Crippen LogP contribution in [0.1, 0.15) is 45.5 Å². The van der Waals surface area contributed by atoms with Crippen molar-refractivity contribution in [2.45, 2.75) is 32.2 Å². The van der Waals surface area contributed by atoms with E-state index in [4.69, 9.17) is 0 Å². The topological polar surface area (TPSA) is 60.9 Å². The number of rotatable bonds is 3. The van der Waals surface area contributed by atoms with Crippen LogP contribution in [0.15, 0.2) is 54.6 Å². The average molecular weight is 420 g/mol. The Morgan fingerprint density at radius 1 is 0.742 bits per heavy atom. The maximum Gasteiger partial charge on any atom is 0.254 e. The molecule has 3 amide bonds. The van der Waals surface area contributed by atoms with Crippen LogP contribution in [0.25, 0.3) is 0 Å². The van der Waals surface area contributed by atoms with E-state index in [0.29, 0.717) is 50.3 Å². The SMILES string of the molecule is Cc1cccc(C(=O)N2CCCN(C(=O)C3CCCN3C(=O)c3ccccc3)CC2)c1. The molecule has 0 saturated carbocycles. The number of hydrogen-bond acceptors (Lipinski definition) is 3. The van der Waals surface area contributed by atoms with Gasteiger partial charge in [-0.05, 0) is 50.5 Å². The Balaban J connectivity index is 1.41. The van der Waals surface area contributed by atoms with E-state index in [-0.39, 0.29) is 17.7 Å². The molecule has 2 fully saturated rings. The molecule has 0 aromatic heterocycles. The van der Waals surface area contributed by atoms with Crippen molar-refractivity contribution in [3.05, 3.63) is 71.3 Å². The monoisotopic (exact) mass is 419 g/mol. The van der Waals surface area contributed by atoms with E-state index in [1.54, 1.807) is 17.0 Å². The molecule has 1 unspecified atom stereocenters. The minimum atomic E-state index is -0.410. The van der Waals surface area contributed by atoms with E-state index >= 15 is 0 Å². The molecule has 0 N–H and O–H groups in total. The first kappa shape index (κ1) is 21.1. The summed E-state index contributed by atoms with van der Waals surface area (Å²) in [4.78, 5) is 44.6. The van der Waals surface area contributed by atoms with Crippen LogP contribution < -0.4 is 0 Å². The third-order valence-corrected chi connectivity index (χ3v) is 6.18. The normalized spacial score (nSPS) is 19.3. The van der Waals surface area contributed by atoms with Crippen LogP contribution in [-0.2, 0) is 4.79 Å². The standard InChI is InChI=1S/C25H29N3O3/c1-19-8-5-11-21(18-19)23(29)26-13-7-14-27(17-16-26)25(31)22-12-6-15-28(22)24(30)20-9-3-2-4-10-20/h2-5,8-11,18,22H,6-7,12-17H2,1H3. The number of hydrogen-bond donors (Lipinski definition) is 0. The third-order valence-electron chi connectivity index (χ3n) is 6.18. The Bertz CT molecular complexity index is 959. The Morgan fingerprint density at radius 2 is 1.45 bits per heavy atom. The van der Waals surface area contributed by atoms with Crippen LogP contribution >= 0.6 is 0 Å². The van der Waals surface area contributed by atoms with Crippen LogP contribution in [0.3, 0.4) is 0 Å². The van der Waals surface area contributed by atoms with Crippen LogP contribution in [0, 0.1) is 6.92 Å². The van der Waals surface area contributed by atoms with E-state index in [2.05, 4.69) is 0 Å². The molecule has 0 aliphatic carbocycles. The molecule has 2 aromatic rings. The number of aryl methyl sites for hydroxylation is 1. The predicted molar refractivity (Wildman–Crippen MR) is 119 cm³/mol.